The summed E-state index contributed by atoms with van der Waals surface area (Å²) in [6, 6.07) is 25.9. The lowest BCUT2D eigenvalue weighted by atomic mass is 9.97. The second kappa shape index (κ2) is 12.5. The van der Waals surface area contributed by atoms with Crippen LogP contribution in [0, 0.1) is 5.92 Å². The monoisotopic (exact) mass is 499 g/mol. The highest BCUT2D eigenvalue weighted by Gasteiger charge is 2.30. The number of carbonyl (C=O) groups excluding carboxylic acids is 1. The van der Waals surface area contributed by atoms with Gasteiger partial charge in [-0.25, -0.2) is 4.79 Å². The van der Waals surface area contributed by atoms with Crippen LogP contribution >= 0.6 is 0 Å². The van der Waals surface area contributed by atoms with Crippen molar-refractivity contribution >= 4 is 23.3 Å². The molecule has 0 aliphatic carbocycles. The van der Waals surface area contributed by atoms with Crippen molar-refractivity contribution in [3.63, 3.8) is 0 Å². The van der Waals surface area contributed by atoms with Gasteiger partial charge in [0.05, 0.1) is 16.9 Å². The highest BCUT2D eigenvalue weighted by molar-refractivity contribution is 6.18. The third-order valence-electron chi connectivity index (χ3n) is 6.19. The Morgan fingerprint density at radius 2 is 1.43 bits per heavy atom. The van der Waals surface area contributed by atoms with Crippen molar-refractivity contribution in [2.24, 2.45) is 10.9 Å². The van der Waals surface area contributed by atoms with E-state index in [4.69, 9.17) is 4.99 Å². The number of benzene rings is 3. The Kier molecular flexibility index (Phi) is 9.36. The van der Waals surface area contributed by atoms with E-state index in [1.54, 1.807) is 0 Å². The molecule has 3 rings (SSSR count). The molecule has 0 saturated carbocycles. The zero-order valence-corrected chi connectivity index (χ0v) is 22.2. The minimum atomic E-state index is -0.969. The highest BCUT2D eigenvalue weighted by Crippen LogP contribution is 2.24. The zero-order chi connectivity index (χ0) is 27.0. The molecule has 0 fully saturated rings. The maximum Gasteiger partial charge on any atom is 0.328 e. The number of carboxylic acids is 1. The van der Waals surface area contributed by atoms with Crippen LogP contribution in [0.3, 0.4) is 0 Å². The molecule has 0 unspecified atom stereocenters. The van der Waals surface area contributed by atoms with Crippen molar-refractivity contribution in [3.8, 4) is 0 Å². The topological polar surface area (TPSA) is 90.8 Å². The average Bonchev–Trinajstić information content (AvgIpc) is 2.87. The van der Waals surface area contributed by atoms with Crippen molar-refractivity contribution < 1.29 is 14.7 Å². The SMILES string of the molecule is CC(C)C[C@@H](N=C(c1ccccc1)c1ccccc1NC(=O)C(C)(C)N[C@@H](C)c1ccccc1)C(=O)O. The number of amides is 1. The first-order valence-corrected chi connectivity index (χ1v) is 12.7. The first kappa shape index (κ1) is 27.8. The van der Waals surface area contributed by atoms with Crippen LogP contribution in [-0.2, 0) is 9.59 Å². The van der Waals surface area contributed by atoms with Crippen LogP contribution < -0.4 is 10.6 Å². The predicted octanol–water partition coefficient (Wildman–Crippen LogP) is 6.09. The molecule has 6 heteroatoms. The molecule has 0 radical (unpaired) electrons. The fraction of sp³-hybridized carbons (Fsp3) is 0.323. The number of aliphatic carboxylic acids is 1. The number of rotatable bonds is 11. The van der Waals surface area contributed by atoms with Gasteiger partial charge in [0.15, 0.2) is 0 Å². The molecule has 6 nitrogen and oxygen atoms in total. The number of nitrogens with one attached hydrogen (secondary N) is 2. The summed E-state index contributed by atoms with van der Waals surface area (Å²) >= 11 is 0. The summed E-state index contributed by atoms with van der Waals surface area (Å²) in [4.78, 5) is 30.3. The number of carboxylic acid groups (broad SMARTS) is 1. The molecule has 3 N–H and O–H groups in total. The summed E-state index contributed by atoms with van der Waals surface area (Å²) < 4.78 is 0. The summed E-state index contributed by atoms with van der Waals surface area (Å²) in [6.07, 6.45) is 0.411. The van der Waals surface area contributed by atoms with E-state index < -0.39 is 17.6 Å². The minimum Gasteiger partial charge on any atom is -0.480 e. The van der Waals surface area contributed by atoms with Crippen LogP contribution in [0.1, 0.15) is 63.8 Å². The minimum absolute atomic E-state index is 0.0361. The Morgan fingerprint density at radius 1 is 0.865 bits per heavy atom. The molecule has 0 aliphatic rings. The molecular weight excluding hydrogens is 462 g/mol. The van der Waals surface area contributed by atoms with E-state index in [0.29, 0.717) is 23.4 Å². The van der Waals surface area contributed by atoms with Gasteiger partial charge in [-0.2, -0.15) is 0 Å². The van der Waals surface area contributed by atoms with Gasteiger partial charge >= 0.3 is 5.97 Å². The molecule has 0 heterocycles. The third kappa shape index (κ3) is 7.61. The van der Waals surface area contributed by atoms with Gasteiger partial charge in [0.25, 0.3) is 0 Å². The standard InChI is InChI=1S/C31H37N3O3/c1-21(2)20-27(29(35)36)32-28(24-16-10-7-11-17-24)25-18-12-13-19-26(25)33-30(37)31(4,5)34-22(3)23-14-8-6-9-15-23/h6-19,21-22,27,34H,20H2,1-5H3,(H,33,37)(H,35,36)/t22-,27+/m0/s1. The number of hydrogen-bond acceptors (Lipinski definition) is 4. The Morgan fingerprint density at radius 3 is 2.03 bits per heavy atom. The van der Waals surface area contributed by atoms with E-state index in [9.17, 15) is 14.7 Å². The normalized spacial score (nSPS) is 13.7. The molecule has 0 spiro atoms. The highest BCUT2D eigenvalue weighted by atomic mass is 16.4. The second-order valence-corrected chi connectivity index (χ2v) is 10.2. The maximum absolute atomic E-state index is 13.5. The van der Waals surface area contributed by atoms with Crippen molar-refractivity contribution in [2.75, 3.05) is 5.32 Å². The molecule has 3 aromatic rings. The lowest BCUT2D eigenvalue weighted by Crippen LogP contribution is -2.50. The molecule has 1 amide bonds. The fourth-order valence-electron chi connectivity index (χ4n) is 4.22. The van der Waals surface area contributed by atoms with Crippen molar-refractivity contribution in [2.45, 2.75) is 58.7 Å². The van der Waals surface area contributed by atoms with E-state index in [2.05, 4.69) is 10.6 Å². The van der Waals surface area contributed by atoms with Crippen LogP contribution in [0.25, 0.3) is 0 Å². The predicted molar refractivity (Wildman–Crippen MR) is 150 cm³/mol. The quantitative estimate of drug-likeness (QED) is 0.278. The van der Waals surface area contributed by atoms with Gasteiger partial charge in [-0.05, 0) is 44.7 Å². The molecule has 0 saturated heterocycles. The molecule has 2 atom stereocenters. The lowest BCUT2D eigenvalue weighted by Gasteiger charge is -2.30. The van der Waals surface area contributed by atoms with Gasteiger partial charge in [0, 0.05) is 17.2 Å². The summed E-state index contributed by atoms with van der Waals surface area (Å²) in [5.74, 6) is -1.01. The number of hydrogen-bond donors (Lipinski definition) is 3. The molecule has 194 valence electrons. The Hall–Kier alpha value is -3.77. The summed E-state index contributed by atoms with van der Waals surface area (Å²) in [5.41, 5.74) is 2.78. The molecule has 0 aromatic heterocycles. The summed E-state index contributed by atoms with van der Waals surface area (Å²) in [6.45, 7) is 9.68. The first-order valence-electron chi connectivity index (χ1n) is 12.7. The van der Waals surface area contributed by atoms with Gasteiger partial charge in [0.2, 0.25) is 5.91 Å². The van der Waals surface area contributed by atoms with Gasteiger partial charge in [-0.15, -0.1) is 0 Å². The third-order valence-corrected chi connectivity index (χ3v) is 6.19. The van der Waals surface area contributed by atoms with E-state index in [0.717, 1.165) is 11.1 Å². The number of para-hydroxylation sites is 1. The van der Waals surface area contributed by atoms with Crippen LogP contribution in [0.15, 0.2) is 89.9 Å². The molecule has 0 bridgehead atoms. The van der Waals surface area contributed by atoms with Crippen LogP contribution in [0.4, 0.5) is 5.69 Å². The van der Waals surface area contributed by atoms with E-state index in [-0.39, 0.29) is 17.9 Å². The molecule has 37 heavy (non-hydrogen) atoms. The maximum atomic E-state index is 13.5. The van der Waals surface area contributed by atoms with Crippen molar-refractivity contribution in [3.05, 3.63) is 102 Å². The Balaban J connectivity index is 1.96. The fourth-order valence-corrected chi connectivity index (χ4v) is 4.22. The van der Waals surface area contributed by atoms with E-state index >= 15 is 0 Å². The summed E-state index contributed by atoms with van der Waals surface area (Å²) in [7, 11) is 0. The smallest absolute Gasteiger partial charge is 0.328 e. The lowest BCUT2D eigenvalue weighted by molar-refractivity contribution is -0.138. The number of nitrogens with zero attached hydrogens (tertiary/aromatic N) is 1. The van der Waals surface area contributed by atoms with Gasteiger partial charge in [0.1, 0.15) is 6.04 Å². The van der Waals surface area contributed by atoms with Gasteiger partial charge < -0.3 is 10.4 Å². The second-order valence-electron chi connectivity index (χ2n) is 10.2. The van der Waals surface area contributed by atoms with E-state index in [1.807, 2.05) is 120 Å². The zero-order valence-electron chi connectivity index (χ0n) is 22.2. The number of aliphatic imine (C=N–C) groups is 1. The average molecular weight is 500 g/mol. The number of carbonyl (C=O) groups is 2. The Bertz CT molecular complexity index is 1220. The van der Waals surface area contributed by atoms with Gasteiger partial charge in [-0.1, -0.05) is 92.7 Å². The molecule has 3 aromatic carbocycles. The van der Waals surface area contributed by atoms with Crippen LogP contribution in [0.5, 0.6) is 0 Å². The van der Waals surface area contributed by atoms with Crippen LogP contribution in [0.2, 0.25) is 0 Å². The van der Waals surface area contributed by atoms with Gasteiger partial charge in [-0.3, -0.25) is 15.1 Å². The Labute approximate surface area is 219 Å². The van der Waals surface area contributed by atoms with Crippen LogP contribution in [-0.4, -0.2) is 34.3 Å². The summed E-state index contributed by atoms with van der Waals surface area (Å²) in [5, 5.41) is 16.4. The molecular formula is C31H37N3O3. The van der Waals surface area contributed by atoms with Crippen molar-refractivity contribution in [1.29, 1.82) is 0 Å². The van der Waals surface area contributed by atoms with E-state index in [1.165, 1.54) is 0 Å². The molecule has 0 aliphatic heterocycles. The largest absolute Gasteiger partial charge is 0.480 e. The van der Waals surface area contributed by atoms with Crippen molar-refractivity contribution in [1.82, 2.24) is 5.32 Å². The first-order chi connectivity index (χ1) is 17.6. The number of anilines is 1.